The number of nitrogen functional groups attached to an aromatic ring is 1. The molecular formula is C12H15BrN2O2S. The van der Waals surface area contributed by atoms with Crippen LogP contribution in [0.25, 0.3) is 0 Å². The summed E-state index contributed by atoms with van der Waals surface area (Å²) in [5, 5.41) is 0. The summed E-state index contributed by atoms with van der Waals surface area (Å²) < 4.78 is 26.5. The smallest absolute Gasteiger partial charge is 0.243 e. The third-order valence-corrected chi connectivity index (χ3v) is 4.88. The number of nitrogens with zero attached hydrogens (tertiary/aromatic N) is 1. The first-order valence-electron chi connectivity index (χ1n) is 5.42. The number of halogens is 1. The van der Waals surface area contributed by atoms with Crippen LogP contribution < -0.4 is 5.73 Å². The quantitative estimate of drug-likeness (QED) is 0.664. The lowest BCUT2D eigenvalue weighted by atomic mass is 10.3. The van der Waals surface area contributed by atoms with E-state index in [9.17, 15) is 8.42 Å². The van der Waals surface area contributed by atoms with Crippen molar-refractivity contribution in [3.05, 3.63) is 22.7 Å². The molecule has 0 amide bonds. The Bertz CT molecular complexity index is 564. The monoisotopic (exact) mass is 330 g/mol. The van der Waals surface area contributed by atoms with Gasteiger partial charge in [0.25, 0.3) is 0 Å². The average Bonchev–Trinajstić information content (AvgIpc) is 2.32. The van der Waals surface area contributed by atoms with Crippen molar-refractivity contribution in [2.45, 2.75) is 18.2 Å². The maximum absolute atomic E-state index is 12.3. The third kappa shape index (κ3) is 3.25. The van der Waals surface area contributed by atoms with Crippen LogP contribution in [0.2, 0.25) is 0 Å². The molecule has 0 saturated carbocycles. The molecule has 98 valence electrons. The maximum atomic E-state index is 12.3. The first-order chi connectivity index (χ1) is 8.43. The molecule has 2 N–H and O–H groups in total. The molecule has 0 fully saturated rings. The molecule has 6 heteroatoms. The Morgan fingerprint density at radius 1 is 1.50 bits per heavy atom. The molecule has 0 bridgehead atoms. The summed E-state index contributed by atoms with van der Waals surface area (Å²) in [4.78, 5) is 0.187. The molecule has 0 radical (unpaired) electrons. The molecule has 4 nitrogen and oxygen atoms in total. The molecule has 0 aliphatic carbocycles. The lowest BCUT2D eigenvalue weighted by molar-refractivity contribution is 0.445. The second-order valence-electron chi connectivity index (χ2n) is 3.73. The highest BCUT2D eigenvalue weighted by Crippen LogP contribution is 2.25. The van der Waals surface area contributed by atoms with Crippen LogP contribution in [0.4, 0.5) is 5.69 Å². The Balaban J connectivity index is 3.18. The van der Waals surface area contributed by atoms with Crippen molar-refractivity contribution in [1.29, 1.82) is 0 Å². The standard InChI is InChI=1S/C12H15BrN2O2S/c1-3-7-15(8-4-2)18(16,17)10-5-6-12(14)11(13)9-10/h1,5-6,9H,4,7-8,14H2,2H3. The molecule has 1 aromatic rings. The second-order valence-corrected chi connectivity index (χ2v) is 6.52. The normalized spacial score (nSPS) is 11.4. The maximum Gasteiger partial charge on any atom is 0.243 e. The van der Waals surface area contributed by atoms with Gasteiger partial charge in [0.15, 0.2) is 0 Å². The fourth-order valence-corrected chi connectivity index (χ4v) is 3.46. The van der Waals surface area contributed by atoms with Crippen LogP contribution >= 0.6 is 15.9 Å². The highest BCUT2D eigenvalue weighted by atomic mass is 79.9. The van der Waals surface area contributed by atoms with Gasteiger partial charge in [0.1, 0.15) is 0 Å². The van der Waals surface area contributed by atoms with E-state index < -0.39 is 10.0 Å². The van der Waals surface area contributed by atoms with E-state index >= 15 is 0 Å². The van der Waals surface area contributed by atoms with E-state index in [1.165, 1.54) is 16.4 Å². The summed E-state index contributed by atoms with van der Waals surface area (Å²) in [6.45, 7) is 2.37. The minimum absolute atomic E-state index is 0.0676. The van der Waals surface area contributed by atoms with Gasteiger partial charge in [-0.1, -0.05) is 12.8 Å². The predicted octanol–water partition coefficient (Wildman–Crippen LogP) is 2.07. The van der Waals surface area contributed by atoms with Gasteiger partial charge in [-0.15, -0.1) is 6.42 Å². The molecule has 0 aromatic heterocycles. The van der Waals surface area contributed by atoms with Crippen LogP contribution in [0, 0.1) is 12.3 Å². The number of benzene rings is 1. The van der Waals surface area contributed by atoms with Gasteiger partial charge >= 0.3 is 0 Å². The molecule has 1 rings (SSSR count). The topological polar surface area (TPSA) is 63.4 Å². The molecule has 0 aliphatic rings. The molecule has 0 spiro atoms. The molecule has 0 saturated heterocycles. The number of hydrogen-bond acceptors (Lipinski definition) is 3. The van der Waals surface area contributed by atoms with E-state index in [2.05, 4.69) is 21.9 Å². The van der Waals surface area contributed by atoms with Gasteiger partial charge in [-0.25, -0.2) is 8.42 Å². The van der Waals surface area contributed by atoms with E-state index in [1.807, 2.05) is 6.92 Å². The number of terminal acetylenes is 1. The van der Waals surface area contributed by atoms with Gasteiger partial charge in [-0.05, 0) is 40.5 Å². The van der Waals surface area contributed by atoms with Gasteiger partial charge in [0.2, 0.25) is 10.0 Å². The van der Waals surface area contributed by atoms with Crippen LogP contribution in [-0.2, 0) is 10.0 Å². The Morgan fingerprint density at radius 3 is 2.67 bits per heavy atom. The summed E-state index contributed by atoms with van der Waals surface area (Å²) in [6, 6.07) is 4.52. The summed E-state index contributed by atoms with van der Waals surface area (Å²) in [5.74, 6) is 2.36. The third-order valence-electron chi connectivity index (χ3n) is 2.35. The Labute approximate surface area is 116 Å². The summed E-state index contributed by atoms with van der Waals surface area (Å²) >= 11 is 3.22. The van der Waals surface area contributed by atoms with E-state index in [4.69, 9.17) is 12.2 Å². The second kappa shape index (κ2) is 6.23. The molecule has 0 heterocycles. The van der Waals surface area contributed by atoms with Gasteiger partial charge in [-0.2, -0.15) is 4.31 Å². The molecule has 0 unspecified atom stereocenters. The van der Waals surface area contributed by atoms with Gasteiger partial charge in [0.05, 0.1) is 11.4 Å². The van der Waals surface area contributed by atoms with Crippen LogP contribution in [0.1, 0.15) is 13.3 Å². The SMILES string of the molecule is C#CCN(CCC)S(=O)(=O)c1ccc(N)c(Br)c1. The summed E-state index contributed by atoms with van der Waals surface area (Å²) in [6.07, 6.45) is 5.91. The zero-order chi connectivity index (χ0) is 13.8. The van der Waals surface area contributed by atoms with E-state index in [-0.39, 0.29) is 11.4 Å². The number of nitrogens with two attached hydrogens (primary N) is 1. The first kappa shape index (κ1) is 15.0. The predicted molar refractivity (Wildman–Crippen MR) is 76.4 cm³/mol. The number of rotatable bonds is 5. The fourth-order valence-electron chi connectivity index (χ4n) is 1.45. The molecule has 0 atom stereocenters. The Hall–Kier alpha value is -1.03. The van der Waals surface area contributed by atoms with E-state index in [1.54, 1.807) is 6.07 Å². The number of sulfonamides is 1. The van der Waals surface area contributed by atoms with Crippen molar-refractivity contribution in [3.8, 4) is 12.3 Å². The molecule has 0 aliphatic heterocycles. The van der Waals surface area contributed by atoms with Gasteiger partial charge in [-0.3, -0.25) is 0 Å². The lowest BCUT2D eigenvalue weighted by Crippen LogP contribution is -2.32. The summed E-state index contributed by atoms with van der Waals surface area (Å²) in [5.41, 5.74) is 6.13. The van der Waals surface area contributed by atoms with E-state index in [0.29, 0.717) is 23.1 Å². The zero-order valence-electron chi connectivity index (χ0n) is 10.1. The zero-order valence-corrected chi connectivity index (χ0v) is 12.5. The fraction of sp³-hybridized carbons (Fsp3) is 0.333. The van der Waals surface area contributed by atoms with Crippen molar-refractivity contribution >= 4 is 31.6 Å². The van der Waals surface area contributed by atoms with Gasteiger partial charge < -0.3 is 5.73 Å². The molecule has 18 heavy (non-hydrogen) atoms. The average molecular weight is 331 g/mol. The number of hydrogen-bond donors (Lipinski definition) is 1. The first-order valence-corrected chi connectivity index (χ1v) is 7.65. The van der Waals surface area contributed by atoms with E-state index in [0.717, 1.165) is 0 Å². The van der Waals surface area contributed by atoms with Crippen molar-refractivity contribution in [2.24, 2.45) is 0 Å². The highest BCUT2D eigenvalue weighted by Gasteiger charge is 2.23. The Morgan fingerprint density at radius 2 is 2.17 bits per heavy atom. The largest absolute Gasteiger partial charge is 0.398 e. The van der Waals surface area contributed by atoms with Crippen molar-refractivity contribution in [2.75, 3.05) is 18.8 Å². The van der Waals surface area contributed by atoms with Crippen molar-refractivity contribution in [3.63, 3.8) is 0 Å². The van der Waals surface area contributed by atoms with Crippen molar-refractivity contribution < 1.29 is 8.42 Å². The minimum Gasteiger partial charge on any atom is -0.398 e. The Kier molecular flexibility index (Phi) is 5.20. The van der Waals surface area contributed by atoms with Gasteiger partial charge in [0, 0.05) is 16.7 Å². The van der Waals surface area contributed by atoms with Crippen molar-refractivity contribution in [1.82, 2.24) is 4.31 Å². The molecular weight excluding hydrogens is 316 g/mol. The minimum atomic E-state index is -3.56. The molecule has 1 aromatic carbocycles. The van der Waals surface area contributed by atoms with Crippen LogP contribution in [-0.4, -0.2) is 25.8 Å². The number of anilines is 1. The highest BCUT2D eigenvalue weighted by molar-refractivity contribution is 9.10. The van der Waals surface area contributed by atoms with Crippen LogP contribution in [0.15, 0.2) is 27.6 Å². The summed E-state index contributed by atoms with van der Waals surface area (Å²) in [7, 11) is -3.56. The van der Waals surface area contributed by atoms with Crippen LogP contribution in [0.3, 0.4) is 0 Å². The lowest BCUT2D eigenvalue weighted by Gasteiger charge is -2.19. The van der Waals surface area contributed by atoms with Crippen LogP contribution in [0.5, 0.6) is 0 Å².